The summed E-state index contributed by atoms with van der Waals surface area (Å²) in [4.78, 5) is 0. The number of rotatable bonds is 4. The monoisotopic (exact) mass is 381 g/mol. The summed E-state index contributed by atoms with van der Waals surface area (Å²) in [5.74, 6) is 0.193. The maximum atomic E-state index is 13.8. The van der Waals surface area contributed by atoms with Crippen LogP contribution in [0, 0.1) is 25.6 Å². The van der Waals surface area contributed by atoms with Crippen LogP contribution in [0.5, 0.6) is 0 Å². The first-order valence-corrected chi connectivity index (χ1v) is 10.0. The molecule has 0 bridgehead atoms. The Hall–Kier alpha value is -1.84. The van der Waals surface area contributed by atoms with E-state index in [0.717, 1.165) is 0 Å². The van der Waals surface area contributed by atoms with E-state index in [1.54, 1.807) is 26.0 Å². The van der Waals surface area contributed by atoms with Crippen molar-refractivity contribution in [2.24, 2.45) is 5.92 Å². The molecule has 9 heteroatoms. The molecule has 0 saturated carbocycles. The molecule has 2 aliphatic heterocycles. The van der Waals surface area contributed by atoms with Crippen LogP contribution < -0.4 is 0 Å². The van der Waals surface area contributed by atoms with Crippen molar-refractivity contribution in [1.29, 1.82) is 0 Å². The van der Waals surface area contributed by atoms with Crippen LogP contribution in [0.25, 0.3) is 0 Å². The van der Waals surface area contributed by atoms with Gasteiger partial charge in [0.15, 0.2) is 0 Å². The van der Waals surface area contributed by atoms with Gasteiger partial charge in [-0.2, -0.15) is 0 Å². The van der Waals surface area contributed by atoms with Crippen LogP contribution in [-0.2, 0) is 25.9 Å². The SMILES string of the molecule is Cc1nnc([C@@]23COC[C@@H]2CN(S(=O)(=O)Cc2ccc(C)c(F)c2)C3)o1. The first-order chi connectivity index (χ1) is 12.3. The fourth-order valence-electron chi connectivity index (χ4n) is 3.73. The molecule has 0 amide bonds. The molecule has 1 aromatic carbocycles. The number of halogens is 1. The number of ether oxygens (including phenoxy) is 1. The van der Waals surface area contributed by atoms with Gasteiger partial charge in [0.05, 0.1) is 24.4 Å². The summed E-state index contributed by atoms with van der Waals surface area (Å²) in [5.41, 5.74) is 0.321. The van der Waals surface area contributed by atoms with Crippen LogP contribution in [0.15, 0.2) is 22.6 Å². The Bertz CT molecular complexity index is 945. The van der Waals surface area contributed by atoms with Crippen molar-refractivity contribution < 1.29 is 22.0 Å². The maximum Gasteiger partial charge on any atom is 0.226 e. The molecule has 1 aromatic heterocycles. The molecule has 2 aromatic rings. The Balaban J connectivity index is 1.59. The van der Waals surface area contributed by atoms with Crippen molar-refractivity contribution in [2.45, 2.75) is 25.0 Å². The molecule has 140 valence electrons. The molecule has 2 atom stereocenters. The highest BCUT2D eigenvalue weighted by molar-refractivity contribution is 7.88. The molecule has 2 aliphatic rings. The van der Waals surface area contributed by atoms with Crippen LogP contribution in [-0.4, -0.2) is 49.2 Å². The Kier molecular flexibility index (Phi) is 4.13. The number of hydrogen-bond acceptors (Lipinski definition) is 6. The zero-order valence-corrected chi connectivity index (χ0v) is 15.4. The van der Waals surface area contributed by atoms with E-state index in [1.807, 2.05) is 0 Å². The summed E-state index contributed by atoms with van der Waals surface area (Å²) < 4.78 is 52.2. The zero-order chi connectivity index (χ0) is 18.5. The Morgan fingerprint density at radius 1 is 1.35 bits per heavy atom. The highest BCUT2D eigenvalue weighted by atomic mass is 32.2. The molecular formula is C17H20FN3O4S. The van der Waals surface area contributed by atoms with Crippen molar-refractivity contribution >= 4 is 10.0 Å². The van der Waals surface area contributed by atoms with Gasteiger partial charge < -0.3 is 9.15 Å². The molecule has 0 aliphatic carbocycles. The van der Waals surface area contributed by atoms with E-state index in [4.69, 9.17) is 9.15 Å². The lowest BCUT2D eigenvalue weighted by atomic mass is 9.81. The van der Waals surface area contributed by atoms with E-state index in [1.165, 1.54) is 10.4 Å². The molecule has 7 nitrogen and oxygen atoms in total. The molecule has 0 unspecified atom stereocenters. The van der Waals surface area contributed by atoms with E-state index in [-0.39, 0.29) is 18.2 Å². The molecule has 2 fully saturated rings. The number of aromatic nitrogens is 2. The molecule has 0 radical (unpaired) electrons. The van der Waals surface area contributed by atoms with Gasteiger partial charge in [0.25, 0.3) is 0 Å². The second kappa shape index (κ2) is 6.11. The van der Waals surface area contributed by atoms with Gasteiger partial charge in [-0.25, -0.2) is 17.1 Å². The van der Waals surface area contributed by atoms with Crippen molar-refractivity contribution in [3.8, 4) is 0 Å². The number of benzene rings is 1. The Labute approximate surface area is 151 Å². The fourth-order valence-corrected chi connectivity index (χ4v) is 5.35. The molecule has 4 rings (SSSR count). The van der Waals surface area contributed by atoms with Crippen LogP contribution in [0.4, 0.5) is 4.39 Å². The largest absolute Gasteiger partial charge is 0.425 e. The van der Waals surface area contributed by atoms with E-state index < -0.39 is 21.3 Å². The third-order valence-electron chi connectivity index (χ3n) is 5.27. The molecular weight excluding hydrogens is 361 g/mol. The molecule has 0 N–H and O–H groups in total. The van der Waals surface area contributed by atoms with E-state index >= 15 is 0 Å². The third kappa shape index (κ3) is 2.83. The average molecular weight is 381 g/mol. The van der Waals surface area contributed by atoms with E-state index in [2.05, 4.69) is 10.2 Å². The number of fused-ring (bicyclic) bond motifs is 1. The molecule has 26 heavy (non-hydrogen) atoms. The summed E-state index contributed by atoms with van der Waals surface area (Å²) in [6, 6.07) is 4.52. The summed E-state index contributed by atoms with van der Waals surface area (Å²) >= 11 is 0. The lowest BCUT2D eigenvalue weighted by molar-refractivity contribution is 0.155. The quantitative estimate of drug-likeness (QED) is 0.799. The highest BCUT2D eigenvalue weighted by Gasteiger charge is 2.57. The molecule has 0 spiro atoms. The minimum Gasteiger partial charge on any atom is -0.425 e. The second-order valence-electron chi connectivity index (χ2n) is 7.13. The third-order valence-corrected chi connectivity index (χ3v) is 7.04. The standard InChI is InChI=1S/C17H20FN3O4S/c1-11-3-4-13(5-15(11)18)8-26(22,23)21-6-14-7-24-10-17(14,9-21)16-20-19-12(2)25-16/h3-5,14H,6-10H2,1-2H3/t14-,17-/m0/s1. The lowest BCUT2D eigenvalue weighted by Gasteiger charge is -2.22. The van der Waals surface area contributed by atoms with Crippen LogP contribution in [0.3, 0.4) is 0 Å². The average Bonchev–Trinajstić information content (AvgIpc) is 3.24. The van der Waals surface area contributed by atoms with Gasteiger partial charge in [-0.3, -0.25) is 0 Å². The first kappa shape index (κ1) is 17.6. The predicted octanol–water partition coefficient (Wildman–Crippen LogP) is 1.56. The Morgan fingerprint density at radius 2 is 2.15 bits per heavy atom. The van der Waals surface area contributed by atoms with E-state index in [0.29, 0.717) is 42.7 Å². The van der Waals surface area contributed by atoms with Crippen molar-refractivity contribution in [1.82, 2.24) is 14.5 Å². The second-order valence-corrected chi connectivity index (χ2v) is 9.10. The van der Waals surface area contributed by atoms with Gasteiger partial charge in [0.1, 0.15) is 5.82 Å². The lowest BCUT2D eigenvalue weighted by Crippen LogP contribution is -2.38. The van der Waals surface area contributed by atoms with Gasteiger partial charge in [-0.1, -0.05) is 12.1 Å². The number of sulfonamides is 1. The number of nitrogens with zero attached hydrogens (tertiary/aromatic N) is 3. The number of aryl methyl sites for hydroxylation is 2. The number of hydrogen-bond donors (Lipinski definition) is 0. The van der Waals surface area contributed by atoms with E-state index in [9.17, 15) is 12.8 Å². The topological polar surface area (TPSA) is 85.5 Å². The minimum absolute atomic E-state index is 0.0353. The molecule has 2 saturated heterocycles. The smallest absolute Gasteiger partial charge is 0.226 e. The van der Waals surface area contributed by atoms with Crippen molar-refractivity contribution in [3.63, 3.8) is 0 Å². The zero-order valence-electron chi connectivity index (χ0n) is 14.6. The Morgan fingerprint density at radius 3 is 2.85 bits per heavy atom. The van der Waals surface area contributed by atoms with Gasteiger partial charge >= 0.3 is 0 Å². The summed E-state index contributed by atoms with van der Waals surface area (Å²) in [6.45, 7) is 4.71. The summed E-state index contributed by atoms with van der Waals surface area (Å²) in [6.07, 6.45) is 0. The normalized spacial score (nSPS) is 26.3. The molecule has 3 heterocycles. The van der Waals surface area contributed by atoms with Crippen LogP contribution in [0.2, 0.25) is 0 Å². The highest BCUT2D eigenvalue weighted by Crippen LogP contribution is 2.44. The van der Waals surface area contributed by atoms with Crippen LogP contribution >= 0.6 is 0 Å². The fraction of sp³-hybridized carbons (Fsp3) is 0.529. The maximum absolute atomic E-state index is 13.8. The summed E-state index contributed by atoms with van der Waals surface area (Å²) in [5, 5.41) is 7.99. The van der Waals surface area contributed by atoms with Gasteiger partial charge in [-0.15, -0.1) is 10.2 Å². The first-order valence-electron chi connectivity index (χ1n) is 8.41. The van der Waals surface area contributed by atoms with Crippen LogP contribution in [0.1, 0.15) is 22.9 Å². The van der Waals surface area contributed by atoms with Gasteiger partial charge in [0.2, 0.25) is 21.8 Å². The minimum atomic E-state index is -3.60. The predicted molar refractivity (Wildman–Crippen MR) is 90.4 cm³/mol. The van der Waals surface area contributed by atoms with Gasteiger partial charge in [-0.05, 0) is 24.1 Å². The van der Waals surface area contributed by atoms with Crippen molar-refractivity contribution in [3.05, 3.63) is 46.9 Å². The van der Waals surface area contributed by atoms with Gasteiger partial charge in [0, 0.05) is 25.9 Å². The summed E-state index contributed by atoms with van der Waals surface area (Å²) in [7, 11) is -3.60. The van der Waals surface area contributed by atoms with Crippen molar-refractivity contribution in [2.75, 3.05) is 26.3 Å².